The fraction of sp³-hybridized carbons (Fsp3) is 0.857. The van der Waals surface area contributed by atoms with E-state index in [1.165, 1.54) is 39.3 Å². The van der Waals surface area contributed by atoms with Crippen LogP contribution in [0.2, 0.25) is 0 Å². The van der Waals surface area contributed by atoms with Gasteiger partial charge >= 0.3 is 5.97 Å². The molecule has 0 unspecified atom stereocenters. The second kappa shape index (κ2) is 10.0. The summed E-state index contributed by atoms with van der Waals surface area (Å²) in [6, 6.07) is -0.529. The number of nitrogens with one attached hydrogen (secondary N) is 1. The molecule has 0 aliphatic carbocycles. The number of nitrogens with zero attached hydrogens (tertiary/aromatic N) is 1. The second-order valence-corrected chi connectivity index (χ2v) is 6.13. The molecule has 0 bridgehead atoms. The van der Waals surface area contributed by atoms with Crippen molar-refractivity contribution in [2.75, 3.05) is 37.7 Å². The molecule has 0 aromatic heterocycles. The minimum atomic E-state index is -0.529. The number of esters is 1. The molecule has 20 heavy (non-hydrogen) atoms. The summed E-state index contributed by atoms with van der Waals surface area (Å²) in [6.45, 7) is 6.96. The van der Waals surface area contributed by atoms with Gasteiger partial charge in [0.25, 0.3) is 0 Å². The summed E-state index contributed by atoms with van der Waals surface area (Å²) in [5, 5.41) is 2.65. The first-order valence-electron chi connectivity index (χ1n) is 7.37. The maximum absolute atomic E-state index is 11.7. The molecule has 116 valence electrons. The van der Waals surface area contributed by atoms with Gasteiger partial charge in [-0.15, -0.1) is 0 Å². The van der Waals surface area contributed by atoms with Gasteiger partial charge in [0.15, 0.2) is 0 Å². The van der Waals surface area contributed by atoms with Gasteiger partial charge in [-0.25, -0.2) is 4.79 Å². The Hall–Kier alpha value is -0.750. The van der Waals surface area contributed by atoms with Crippen molar-refractivity contribution < 1.29 is 14.3 Å². The van der Waals surface area contributed by atoms with E-state index in [4.69, 9.17) is 4.74 Å². The number of thioether (sulfide) groups is 1. The molecular weight excluding hydrogens is 276 g/mol. The monoisotopic (exact) mass is 302 g/mol. The molecule has 0 spiro atoms. The lowest BCUT2D eigenvalue weighted by Crippen LogP contribution is -2.43. The highest BCUT2D eigenvalue weighted by Gasteiger charge is 2.20. The molecule has 0 aromatic rings. The van der Waals surface area contributed by atoms with Crippen molar-refractivity contribution in [1.82, 2.24) is 10.2 Å². The molecule has 1 aliphatic rings. The van der Waals surface area contributed by atoms with E-state index in [9.17, 15) is 9.59 Å². The average Bonchev–Trinajstić information content (AvgIpc) is 2.43. The van der Waals surface area contributed by atoms with Crippen LogP contribution in [0.25, 0.3) is 0 Å². The Morgan fingerprint density at radius 1 is 1.30 bits per heavy atom. The van der Waals surface area contributed by atoms with Gasteiger partial charge < -0.3 is 15.0 Å². The van der Waals surface area contributed by atoms with E-state index in [0.29, 0.717) is 12.4 Å². The van der Waals surface area contributed by atoms with Crippen LogP contribution < -0.4 is 5.32 Å². The molecule has 1 saturated heterocycles. The summed E-state index contributed by atoms with van der Waals surface area (Å²) in [7, 11) is 0. The highest BCUT2D eigenvalue weighted by atomic mass is 32.2. The summed E-state index contributed by atoms with van der Waals surface area (Å²) in [5.74, 6) is 1.02. The molecule has 1 aliphatic heterocycles. The van der Waals surface area contributed by atoms with Crippen LogP contribution in [0.1, 0.15) is 33.1 Å². The Balaban J connectivity index is 2.22. The summed E-state index contributed by atoms with van der Waals surface area (Å²) in [6.07, 6.45) is 3.93. The van der Waals surface area contributed by atoms with Crippen LogP contribution in [0.15, 0.2) is 0 Å². The number of hydrogen-bond acceptors (Lipinski definition) is 5. The van der Waals surface area contributed by atoms with Crippen molar-refractivity contribution in [1.29, 1.82) is 0 Å². The Morgan fingerprint density at radius 2 is 2.00 bits per heavy atom. The van der Waals surface area contributed by atoms with Gasteiger partial charge in [0.05, 0.1) is 6.61 Å². The predicted molar refractivity (Wildman–Crippen MR) is 81.9 cm³/mol. The smallest absolute Gasteiger partial charge is 0.329 e. The molecule has 0 aromatic carbocycles. The molecule has 0 saturated carbocycles. The average molecular weight is 302 g/mol. The van der Waals surface area contributed by atoms with Crippen LogP contribution in [0.3, 0.4) is 0 Å². The fourth-order valence-electron chi connectivity index (χ4n) is 2.23. The van der Waals surface area contributed by atoms with E-state index < -0.39 is 6.04 Å². The first kappa shape index (κ1) is 17.3. The number of carbonyl (C=O) groups is 2. The topological polar surface area (TPSA) is 58.6 Å². The number of hydrogen-bond donors (Lipinski definition) is 1. The van der Waals surface area contributed by atoms with Crippen LogP contribution in [0.5, 0.6) is 0 Å². The third-order valence-electron chi connectivity index (χ3n) is 3.23. The van der Waals surface area contributed by atoms with Gasteiger partial charge in [0.1, 0.15) is 6.04 Å². The highest BCUT2D eigenvalue weighted by Crippen LogP contribution is 2.11. The molecule has 6 heteroatoms. The zero-order valence-electron chi connectivity index (χ0n) is 12.5. The first-order valence-corrected chi connectivity index (χ1v) is 8.52. The van der Waals surface area contributed by atoms with Crippen LogP contribution in [0, 0.1) is 0 Å². The van der Waals surface area contributed by atoms with E-state index in [1.807, 2.05) is 0 Å². The minimum Gasteiger partial charge on any atom is -0.464 e. The molecular formula is C14H26N2O3S. The Labute approximate surface area is 125 Å². The maximum Gasteiger partial charge on any atom is 0.329 e. The summed E-state index contributed by atoms with van der Waals surface area (Å²) >= 11 is 1.69. The van der Waals surface area contributed by atoms with Crippen LogP contribution in [-0.4, -0.2) is 60.6 Å². The number of piperidine rings is 1. The first-order chi connectivity index (χ1) is 9.63. The lowest BCUT2D eigenvalue weighted by atomic mass is 10.1. The van der Waals surface area contributed by atoms with E-state index in [2.05, 4.69) is 10.2 Å². The largest absolute Gasteiger partial charge is 0.464 e. The van der Waals surface area contributed by atoms with Crippen molar-refractivity contribution in [2.24, 2.45) is 0 Å². The summed E-state index contributed by atoms with van der Waals surface area (Å²) in [4.78, 5) is 25.3. The maximum atomic E-state index is 11.7. The summed E-state index contributed by atoms with van der Waals surface area (Å²) < 4.78 is 4.97. The van der Waals surface area contributed by atoms with Gasteiger partial charge in [0.2, 0.25) is 5.91 Å². The SMILES string of the molecule is CCOC(=O)[C@H](CSCCN1CCCCC1)NC(C)=O. The molecule has 0 radical (unpaired) electrons. The van der Waals surface area contributed by atoms with Crippen molar-refractivity contribution >= 4 is 23.6 Å². The number of carbonyl (C=O) groups excluding carboxylic acids is 2. The predicted octanol–water partition coefficient (Wildman–Crippen LogP) is 1.27. The van der Waals surface area contributed by atoms with Gasteiger partial charge in [-0.1, -0.05) is 6.42 Å². The lowest BCUT2D eigenvalue weighted by molar-refractivity contribution is -0.146. The molecule has 1 heterocycles. The van der Waals surface area contributed by atoms with E-state index in [0.717, 1.165) is 12.3 Å². The van der Waals surface area contributed by atoms with E-state index >= 15 is 0 Å². The fourth-order valence-corrected chi connectivity index (χ4v) is 3.24. The van der Waals surface area contributed by atoms with Crippen molar-refractivity contribution in [3.05, 3.63) is 0 Å². The normalized spacial score (nSPS) is 17.5. The quantitative estimate of drug-likeness (QED) is 0.540. The molecule has 5 nitrogen and oxygen atoms in total. The zero-order valence-corrected chi connectivity index (χ0v) is 13.3. The van der Waals surface area contributed by atoms with Gasteiger partial charge in [0, 0.05) is 25.0 Å². The van der Waals surface area contributed by atoms with Crippen molar-refractivity contribution in [3.63, 3.8) is 0 Å². The summed E-state index contributed by atoms with van der Waals surface area (Å²) in [5.41, 5.74) is 0. The van der Waals surface area contributed by atoms with Crippen LogP contribution in [0.4, 0.5) is 0 Å². The van der Waals surface area contributed by atoms with Crippen LogP contribution in [-0.2, 0) is 14.3 Å². The van der Waals surface area contributed by atoms with Crippen molar-refractivity contribution in [2.45, 2.75) is 39.2 Å². The third kappa shape index (κ3) is 7.14. The molecule has 1 N–H and O–H groups in total. The molecule has 1 rings (SSSR count). The lowest BCUT2D eigenvalue weighted by Gasteiger charge is -2.26. The van der Waals surface area contributed by atoms with Crippen molar-refractivity contribution in [3.8, 4) is 0 Å². The third-order valence-corrected chi connectivity index (χ3v) is 4.27. The molecule has 1 fully saturated rings. The van der Waals surface area contributed by atoms with Gasteiger partial charge in [-0.05, 0) is 32.9 Å². The Morgan fingerprint density at radius 3 is 2.60 bits per heavy atom. The second-order valence-electron chi connectivity index (χ2n) is 4.98. The standard InChI is InChI=1S/C14H26N2O3S/c1-3-19-14(18)13(15-12(2)17)11-20-10-9-16-7-5-4-6-8-16/h13H,3-11H2,1-2H3,(H,15,17)/t13-/m0/s1. The van der Waals surface area contributed by atoms with E-state index in [1.54, 1.807) is 18.7 Å². The zero-order chi connectivity index (χ0) is 14.8. The minimum absolute atomic E-state index is 0.195. The Kier molecular flexibility index (Phi) is 8.69. The highest BCUT2D eigenvalue weighted by molar-refractivity contribution is 7.99. The Bertz CT molecular complexity index is 307. The molecule has 1 amide bonds. The number of ether oxygens (including phenoxy) is 1. The number of amides is 1. The van der Waals surface area contributed by atoms with Gasteiger partial charge in [-0.3, -0.25) is 4.79 Å². The van der Waals surface area contributed by atoms with Gasteiger partial charge in [-0.2, -0.15) is 11.8 Å². The number of rotatable bonds is 8. The van der Waals surface area contributed by atoms with Crippen LogP contribution >= 0.6 is 11.8 Å². The number of likely N-dealkylation sites (tertiary alicyclic amines) is 1. The molecule has 1 atom stereocenters. The van der Waals surface area contributed by atoms with E-state index in [-0.39, 0.29) is 11.9 Å².